The van der Waals surface area contributed by atoms with E-state index >= 15 is 0 Å². The van der Waals surface area contributed by atoms with Gasteiger partial charge in [-0.1, -0.05) is 48.5 Å². The Kier molecular flexibility index (Phi) is 5.28. The number of amides is 2. The van der Waals surface area contributed by atoms with Crippen LogP contribution in [-0.4, -0.2) is 39.6 Å². The summed E-state index contributed by atoms with van der Waals surface area (Å²) in [5.74, 6) is 0.753. The lowest BCUT2D eigenvalue weighted by atomic mass is 10.1. The van der Waals surface area contributed by atoms with Crippen LogP contribution in [0, 0.1) is 5.92 Å². The molecule has 2 fully saturated rings. The topological polar surface area (TPSA) is 67.2 Å². The Balaban J connectivity index is 1.27. The molecule has 2 amide bonds. The Morgan fingerprint density at radius 1 is 1.03 bits per heavy atom. The number of rotatable bonds is 7. The average molecular weight is 415 g/mol. The van der Waals surface area contributed by atoms with Gasteiger partial charge < -0.3 is 10.2 Å². The molecule has 1 aromatic heterocycles. The van der Waals surface area contributed by atoms with Crippen LogP contribution in [0.1, 0.15) is 36.4 Å². The van der Waals surface area contributed by atoms with Crippen molar-refractivity contribution in [1.82, 2.24) is 14.7 Å². The second kappa shape index (κ2) is 8.38. The highest BCUT2D eigenvalue weighted by atomic mass is 16.2. The van der Waals surface area contributed by atoms with Crippen LogP contribution in [-0.2, 0) is 16.0 Å². The maximum atomic E-state index is 13.0. The van der Waals surface area contributed by atoms with Crippen molar-refractivity contribution in [2.24, 2.45) is 5.92 Å². The third kappa shape index (κ3) is 4.38. The summed E-state index contributed by atoms with van der Waals surface area (Å²) < 4.78 is 1.80. The highest BCUT2D eigenvalue weighted by Gasteiger charge is 2.35. The van der Waals surface area contributed by atoms with Gasteiger partial charge >= 0.3 is 0 Å². The van der Waals surface area contributed by atoms with Gasteiger partial charge in [-0.05, 0) is 37.0 Å². The number of nitrogens with one attached hydrogen (secondary N) is 1. The van der Waals surface area contributed by atoms with Crippen LogP contribution in [0.4, 0.5) is 5.82 Å². The molecule has 6 nitrogen and oxygen atoms in total. The number of hydrogen-bond donors (Lipinski definition) is 1. The summed E-state index contributed by atoms with van der Waals surface area (Å²) in [4.78, 5) is 27.3. The van der Waals surface area contributed by atoms with Gasteiger partial charge in [0, 0.05) is 31.5 Å². The lowest BCUT2D eigenvalue weighted by Crippen LogP contribution is -2.30. The first-order chi connectivity index (χ1) is 15.2. The van der Waals surface area contributed by atoms with Crippen molar-refractivity contribution in [3.63, 3.8) is 0 Å². The number of likely N-dealkylation sites (tertiary alicyclic amines) is 1. The Morgan fingerprint density at radius 2 is 1.74 bits per heavy atom. The van der Waals surface area contributed by atoms with E-state index in [1.807, 2.05) is 54.6 Å². The third-order valence-corrected chi connectivity index (χ3v) is 6.07. The molecule has 5 rings (SSSR count). The minimum absolute atomic E-state index is 0.0475. The zero-order chi connectivity index (χ0) is 21.2. The fraction of sp³-hybridized carbons (Fsp3) is 0.320. The SMILES string of the molecule is O=C(Nc1cc(C2CC2)nn1-c1ccccc1)[C@H]1CC(=O)N(CCc2ccccc2)C1. The molecule has 2 aromatic carbocycles. The standard InChI is InChI=1S/C25H26N4O2/c30-24-15-20(17-28(24)14-13-18-7-3-1-4-8-18)25(31)26-23-16-22(19-11-12-19)27-29(23)21-9-5-2-6-10-21/h1-10,16,19-20H,11-15,17H2,(H,26,31)/t20-/m0/s1. The molecule has 1 aliphatic heterocycles. The second-order valence-electron chi connectivity index (χ2n) is 8.44. The average Bonchev–Trinajstić information content (AvgIpc) is 3.46. The van der Waals surface area contributed by atoms with E-state index in [0.29, 0.717) is 24.8 Å². The molecule has 31 heavy (non-hydrogen) atoms. The van der Waals surface area contributed by atoms with Gasteiger partial charge in [0.2, 0.25) is 11.8 Å². The number of anilines is 1. The molecule has 3 aromatic rings. The van der Waals surface area contributed by atoms with E-state index in [-0.39, 0.29) is 24.2 Å². The Hall–Kier alpha value is -3.41. The van der Waals surface area contributed by atoms with Gasteiger partial charge in [-0.3, -0.25) is 9.59 Å². The van der Waals surface area contributed by atoms with Crippen LogP contribution in [0.3, 0.4) is 0 Å². The highest BCUT2D eigenvalue weighted by molar-refractivity contribution is 5.97. The van der Waals surface area contributed by atoms with Crippen molar-refractivity contribution in [2.75, 3.05) is 18.4 Å². The molecule has 1 saturated carbocycles. The largest absolute Gasteiger partial charge is 0.342 e. The van der Waals surface area contributed by atoms with E-state index in [2.05, 4.69) is 17.4 Å². The molecular formula is C25H26N4O2. The zero-order valence-corrected chi connectivity index (χ0v) is 17.4. The summed E-state index contributed by atoms with van der Waals surface area (Å²) in [7, 11) is 0. The van der Waals surface area contributed by atoms with Crippen LogP contribution < -0.4 is 5.32 Å². The molecule has 2 heterocycles. The van der Waals surface area contributed by atoms with Crippen LogP contribution in [0.25, 0.3) is 5.69 Å². The van der Waals surface area contributed by atoms with Crippen LogP contribution in [0.5, 0.6) is 0 Å². The summed E-state index contributed by atoms with van der Waals surface area (Å²) in [5, 5.41) is 7.79. The van der Waals surface area contributed by atoms with Gasteiger partial charge in [0.15, 0.2) is 0 Å². The number of hydrogen-bond acceptors (Lipinski definition) is 3. The van der Waals surface area contributed by atoms with E-state index in [4.69, 9.17) is 5.10 Å². The second-order valence-corrected chi connectivity index (χ2v) is 8.44. The van der Waals surface area contributed by atoms with Gasteiger partial charge in [-0.15, -0.1) is 0 Å². The summed E-state index contributed by atoms with van der Waals surface area (Å²) in [6.45, 7) is 1.10. The lowest BCUT2D eigenvalue weighted by molar-refractivity contribution is -0.128. The van der Waals surface area contributed by atoms with Gasteiger partial charge in [0.05, 0.1) is 17.3 Å². The summed E-state index contributed by atoms with van der Waals surface area (Å²) in [6, 6.07) is 21.9. The number of carbonyl (C=O) groups is 2. The molecule has 0 radical (unpaired) electrons. The minimum Gasteiger partial charge on any atom is -0.342 e. The van der Waals surface area contributed by atoms with E-state index in [1.54, 1.807) is 9.58 Å². The molecule has 1 aliphatic carbocycles. The predicted octanol–water partition coefficient (Wildman–Crippen LogP) is 3.78. The first-order valence-electron chi connectivity index (χ1n) is 11.0. The van der Waals surface area contributed by atoms with Crippen molar-refractivity contribution < 1.29 is 9.59 Å². The maximum Gasteiger partial charge on any atom is 0.230 e. The van der Waals surface area contributed by atoms with E-state index in [0.717, 1.165) is 30.6 Å². The Morgan fingerprint density at radius 3 is 2.45 bits per heavy atom. The molecule has 0 bridgehead atoms. The summed E-state index contributed by atoms with van der Waals surface area (Å²) in [6.07, 6.45) is 3.35. The van der Waals surface area contributed by atoms with Crippen molar-refractivity contribution in [3.05, 3.63) is 78.0 Å². The molecular weight excluding hydrogens is 388 g/mol. The fourth-order valence-electron chi connectivity index (χ4n) is 4.13. The summed E-state index contributed by atoms with van der Waals surface area (Å²) in [5.41, 5.74) is 3.13. The minimum atomic E-state index is -0.341. The van der Waals surface area contributed by atoms with Crippen molar-refractivity contribution in [3.8, 4) is 5.69 Å². The molecule has 1 atom stereocenters. The molecule has 2 aliphatic rings. The van der Waals surface area contributed by atoms with E-state index in [1.165, 1.54) is 5.56 Å². The monoisotopic (exact) mass is 414 g/mol. The number of para-hydroxylation sites is 1. The quantitative estimate of drug-likeness (QED) is 0.640. The highest BCUT2D eigenvalue weighted by Crippen LogP contribution is 2.40. The van der Waals surface area contributed by atoms with Crippen molar-refractivity contribution in [1.29, 1.82) is 0 Å². The Labute approximate surface area is 181 Å². The number of carbonyl (C=O) groups excluding carboxylic acids is 2. The van der Waals surface area contributed by atoms with Gasteiger partial charge in [-0.2, -0.15) is 5.10 Å². The normalized spacial score (nSPS) is 18.4. The smallest absolute Gasteiger partial charge is 0.230 e. The molecule has 158 valence electrons. The van der Waals surface area contributed by atoms with Gasteiger partial charge in [0.1, 0.15) is 5.82 Å². The zero-order valence-electron chi connectivity index (χ0n) is 17.4. The molecule has 0 unspecified atom stereocenters. The number of nitrogens with zero attached hydrogens (tertiary/aromatic N) is 3. The summed E-state index contributed by atoms with van der Waals surface area (Å²) >= 11 is 0. The van der Waals surface area contributed by atoms with Crippen molar-refractivity contribution >= 4 is 17.6 Å². The molecule has 0 spiro atoms. The van der Waals surface area contributed by atoms with Gasteiger partial charge in [0.25, 0.3) is 0 Å². The van der Waals surface area contributed by atoms with Gasteiger partial charge in [-0.25, -0.2) is 4.68 Å². The predicted molar refractivity (Wildman–Crippen MR) is 119 cm³/mol. The lowest BCUT2D eigenvalue weighted by Gasteiger charge is -2.16. The maximum absolute atomic E-state index is 13.0. The number of benzene rings is 2. The first kappa shape index (κ1) is 19.5. The van der Waals surface area contributed by atoms with E-state index < -0.39 is 0 Å². The first-order valence-corrected chi connectivity index (χ1v) is 11.0. The van der Waals surface area contributed by atoms with Crippen LogP contribution >= 0.6 is 0 Å². The van der Waals surface area contributed by atoms with Crippen LogP contribution in [0.15, 0.2) is 66.7 Å². The molecule has 1 saturated heterocycles. The molecule has 1 N–H and O–H groups in total. The third-order valence-electron chi connectivity index (χ3n) is 6.07. The van der Waals surface area contributed by atoms with E-state index in [9.17, 15) is 9.59 Å². The molecule has 6 heteroatoms. The Bertz CT molecular complexity index is 1070. The van der Waals surface area contributed by atoms with Crippen molar-refractivity contribution in [2.45, 2.75) is 31.6 Å². The number of aromatic nitrogens is 2. The van der Waals surface area contributed by atoms with Crippen LogP contribution in [0.2, 0.25) is 0 Å². The fourth-order valence-corrected chi connectivity index (χ4v) is 4.13.